The van der Waals surface area contributed by atoms with Crippen molar-refractivity contribution in [2.45, 2.75) is 13.2 Å². The molecule has 0 radical (unpaired) electrons. The molecule has 0 fully saturated rings. The van der Waals surface area contributed by atoms with Gasteiger partial charge in [-0.25, -0.2) is 0 Å². The highest BCUT2D eigenvalue weighted by Gasteiger charge is 2.22. The standard InChI is InChI=1S/C12H13ClN4O4/c1-21-5-4-16-11(7-18)14-15-12(16)9-3-2-8(13)6-10(9)17(19)20/h2-3,6,18H,4-5,7H2,1H3. The lowest BCUT2D eigenvalue weighted by atomic mass is 10.1. The topological polar surface area (TPSA) is 103 Å². The van der Waals surface area contributed by atoms with Crippen molar-refractivity contribution >= 4 is 17.3 Å². The van der Waals surface area contributed by atoms with Crippen LogP contribution in [0.15, 0.2) is 18.2 Å². The monoisotopic (exact) mass is 312 g/mol. The number of methoxy groups -OCH3 is 1. The van der Waals surface area contributed by atoms with E-state index in [1.807, 2.05) is 0 Å². The molecule has 2 aromatic rings. The smallest absolute Gasteiger partial charge is 0.281 e. The van der Waals surface area contributed by atoms with E-state index in [0.29, 0.717) is 24.8 Å². The first-order chi connectivity index (χ1) is 10.1. The lowest BCUT2D eigenvalue weighted by Gasteiger charge is -2.09. The molecule has 0 saturated heterocycles. The van der Waals surface area contributed by atoms with E-state index in [4.69, 9.17) is 16.3 Å². The van der Waals surface area contributed by atoms with E-state index in [0.717, 1.165) is 0 Å². The molecule has 0 atom stereocenters. The van der Waals surface area contributed by atoms with Crippen LogP contribution in [-0.4, -0.2) is 38.5 Å². The van der Waals surface area contributed by atoms with Gasteiger partial charge in [-0.2, -0.15) is 0 Å². The zero-order valence-electron chi connectivity index (χ0n) is 11.2. The maximum atomic E-state index is 11.2. The minimum absolute atomic E-state index is 0.168. The highest BCUT2D eigenvalue weighted by molar-refractivity contribution is 6.30. The fourth-order valence-electron chi connectivity index (χ4n) is 1.91. The summed E-state index contributed by atoms with van der Waals surface area (Å²) in [5.41, 5.74) is 0.116. The SMILES string of the molecule is COCCn1c(CO)nnc1-c1ccc(Cl)cc1[N+](=O)[O-]. The molecule has 0 saturated carbocycles. The molecule has 0 amide bonds. The molecule has 9 heteroatoms. The summed E-state index contributed by atoms with van der Waals surface area (Å²) < 4.78 is 6.57. The van der Waals surface area contributed by atoms with Gasteiger partial charge in [-0.15, -0.1) is 10.2 Å². The molecular weight excluding hydrogens is 300 g/mol. The Morgan fingerprint density at radius 3 is 2.86 bits per heavy atom. The van der Waals surface area contributed by atoms with Crippen LogP contribution in [0, 0.1) is 10.1 Å². The summed E-state index contributed by atoms with van der Waals surface area (Å²) in [7, 11) is 1.54. The predicted octanol–water partition coefficient (Wildman–Crippen LogP) is 1.65. The number of aliphatic hydroxyl groups excluding tert-OH is 1. The second-order valence-electron chi connectivity index (χ2n) is 4.16. The third-order valence-corrected chi connectivity index (χ3v) is 3.12. The van der Waals surface area contributed by atoms with Gasteiger partial charge in [-0.3, -0.25) is 10.1 Å². The van der Waals surface area contributed by atoms with Crippen LogP contribution in [0.5, 0.6) is 0 Å². The number of nitro groups is 1. The fourth-order valence-corrected chi connectivity index (χ4v) is 2.08. The van der Waals surface area contributed by atoms with Crippen molar-refractivity contribution in [1.82, 2.24) is 14.8 Å². The fraction of sp³-hybridized carbons (Fsp3) is 0.333. The third-order valence-electron chi connectivity index (χ3n) is 2.89. The van der Waals surface area contributed by atoms with Gasteiger partial charge in [0.05, 0.1) is 17.1 Å². The van der Waals surface area contributed by atoms with Crippen LogP contribution in [0.25, 0.3) is 11.4 Å². The van der Waals surface area contributed by atoms with Gasteiger partial charge in [-0.05, 0) is 12.1 Å². The van der Waals surface area contributed by atoms with Crippen LogP contribution < -0.4 is 0 Å². The quantitative estimate of drug-likeness (QED) is 0.642. The Morgan fingerprint density at radius 2 is 2.24 bits per heavy atom. The van der Waals surface area contributed by atoms with Crippen LogP contribution in [0.3, 0.4) is 0 Å². The Morgan fingerprint density at radius 1 is 1.48 bits per heavy atom. The maximum absolute atomic E-state index is 11.2. The van der Waals surface area contributed by atoms with Crippen molar-refractivity contribution < 1.29 is 14.8 Å². The number of ether oxygens (including phenoxy) is 1. The highest BCUT2D eigenvalue weighted by Crippen LogP contribution is 2.31. The molecule has 0 bridgehead atoms. The molecule has 0 unspecified atom stereocenters. The van der Waals surface area contributed by atoms with E-state index in [9.17, 15) is 15.2 Å². The summed E-state index contributed by atoms with van der Waals surface area (Å²) in [6, 6.07) is 4.30. The summed E-state index contributed by atoms with van der Waals surface area (Å²) in [5.74, 6) is 0.603. The molecule has 21 heavy (non-hydrogen) atoms. The molecular formula is C12H13ClN4O4. The molecule has 1 heterocycles. The number of aromatic nitrogens is 3. The maximum Gasteiger partial charge on any atom is 0.281 e. The number of nitrogens with zero attached hydrogens (tertiary/aromatic N) is 4. The lowest BCUT2D eigenvalue weighted by Crippen LogP contribution is -2.10. The van der Waals surface area contributed by atoms with Crippen molar-refractivity contribution in [3.63, 3.8) is 0 Å². The van der Waals surface area contributed by atoms with E-state index in [1.54, 1.807) is 4.57 Å². The van der Waals surface area contributed by atoms with Crippen LogP contribution in [-0.2, 0) is 17.9 Å². The normalized spacial score (nSPS) is 10.8. The van der Waals surface area contributed by atoms with Crippen LogP contribution >= 0.6 is 11.6 Å². The van der Waals surface area contributed by atoms with Gasteiger partial charge in [0.25, 0.3) is 5.69 Å². The number of nitro benzene ring substituents is 1. The van der Waals surface area contributed by atoms with Gasteiger partial charge < -0.3 is 14.4 Å². The average Bonchev–Trinajstić information content (AvgIpc) is 2.87. The number of benzene rings is 1. The molecule has 1 aromatic carbocycles. The number of aliphatic hydroxyl groups is 1. The van der Waals surface area contributed by atoms with E-state index < -0.39 is 4.92 Å². The number of rotatable bonds is 6. The zero-order valence-corrected chi connectivity index (χ0v) is 11.9. The number of hydrogen-bond acceptors (Lipinski definition) is 6. The third kappa shape index (κ3) is 3.18. The van der Waals surface area contributed by atoms with Gasteiger partial charge in [-0.1, -0.05) is 11.6 Å². The van der Waals surface area contributed by atoms with Crippen molar-refractivity contribution in [2.75, 3.05) is 13.7 Å². The van der Waals surface area contributed by atoms with Gasteiger partial charge in [0, 0.05) is 24.7 Å². The first kappa shape index (κ1) is 15.4. The van der Waals surface area contributed by atoms with Crippen LogP contribution in [0.2, 0.25) is 5.02 Å². The van der Waals surface area contributed by atoms with Crippen molar-refractivity contribution in [1.29, 1.82) is 0 Å². The molecule has 0 spiro atoms. The zero-order chi connectivity index (χ0) is 15.4. The van der Waals surface area contributed by atoms with E-state index in [2.05, 4.69) is 10.2 Å². The summed E-state index contributed by atoms with van der Waals surface area (Å²) in [6.45, 7) is 0.409. The van der Waals surface area contributed by atoms with Crippen molar-refractivity contribution in [3.05, 3.63) is 39.2 Å². The van der Waals surface area contributed by atoms with Crippen molar-refractivity contribution in [3.8, 4) is 11.4 Å². The molecule has 112 valence electrons. The summed E-state index contributed by atoms with van der Waals surface area (Å²) >= 11 is 5.80. The van der Waals surface area contributed by atoms with Gasteiger partial charge >= 0.3 is 0 Å². The number of hydrogen-bond donors (Lipinski definition) is 1. The minimum Gasteiger partial charge on any atom is -0.388 e. The van der Waals surface area contributed by atoms with Crippen molar-refractivity contribution in [2.24, 2.45) is 0 Å². The minimum atomic E-state index is -0.533. The Hall–Kier alpha value is -2.03. The van der Waals surface area contributed by atoms with E-state index in [-0.39, 0.29) is 22.9 Å². The summed E-state index contributed by atoms with van der Waals surface area (Å²) in [6.07, 6.45) is 0. The second-order valence-corrected chi connectivity index (χ2v) is 4.60. The van der Waals surface area contributed by atoms with E-state index in [1.165, 1.54) is 25.3 Å². The molecule has 8 nitrogen and oxygen atoms in total. The number of halogens is 1. The Bertz CT molecular complexity index is 659. The first-order valence-corrected chi connectivity index (χ1v) is 6.42. The molecule has 0 aliphatic rings. The van der Waals surface area contributed by atoms with Crippen LogP contribution in [0.4, 0.5) is 5.69 Å². The lowest BCUT2D eigenvalue weighted by molar-refractivity contribution is -0.384. The summed E-state index contributed by atoms with van der Waals surface area (Å²) in [4.78, 5) is 10.6. The largest absolute Gasteiger partial charge is 0.388 e. The molecule has 0 aliphatic carbocycles. The van der Waals surface area contributed by atoms with Crippen LogP contribution in [0.1, 0.15) is 5.82 Å². The molecule has 0 aliphatic heterocycles. The van der Waals surface area contributed by atoms with Gasteiger partial charge in [0.2, 0.25) is 0 Å². The Balaban J connectivity index is 2.56. The second kappa shape index (κ2) is 6.61. The summed E-state index contributed by atoms with van der Waals surface area (Å²) in [5, 5.41) is 28.5. The molecule has 2 rings (SSSR count). The average molecular weight is 313 g/mol. The predicted molar refractivity (Wildman–Crippen MR) is 74.9 cm³/mol. The molecule has 1 N–H and O–H groups in total. The Labute approximate surface area is 125 Å². The van der Waals surface area contributed by atoms with Gasteiger partial charge in [0.15, 0.2) is 11.6 Å². The van der Waals surface area contributed by atoms with Gasteiger partial charge in [0.1, 0.15) is 6.61 Å². The first-order valence-electron chi connectivity index (χ1n) is 6.04. The molecule has 1 aromatic heterocycles. The highest BCUT2D eigenvalue weighted by atomic mass is 35.5. The Kier molecular flexibility index (Phi) is 4.84. The van der Waals surface area contributed by atoms with E-state index >= 15 is 0 Å².